The molecule has 0 atom stereocenters. The Morgan fingerprint density at radius 3 is 1.94 bits per heavy atom. The average molecular weight is 228 g/mol. The summed E-state index contributed by atoms with van der Waals surface area (Å²) < 4.78 is 0. The highest BCUT2D eigenvalue weighted by molar-refractivity contribution is 4.69. The summed E-state index contributed by atoms with van der Waals surface area (Å²) in [5.41, 5.74) is 5.46. The van der Waals surface area contributed by atoms with Gasteiger partial charge in [0.15, 0.2) is 0 Å². The normalized spacial score (nSPS) is 12.0. The molecule has 3 N–H and O–H groups in total. The van der Waals surface area contributed by atoms with E-state index in [0.29, 0.717) is 0 Å². The second-order valence-electron chi connectivity index (χ2n) is 5.56. The molecule has 0 bridgehead atoms. The van der Waals surface area contributed by atoms with Gasteiger partial charge in [-0.05, 0) is 50.2 Å². The van der Waals surface area contributed by atoms with Gasteiger partial charge in [0.2, 0.25) is 0 Å². The fraction of sp³-hybridized carbons (Fsp3) is 1.00. The number of nitrogens with one attached hydrogen (secondary N) is 1. The van der Waals surface area contributed by atoms with Crippen LogP contribution < -0.4 is 11.1 Å². The van der Waals surface area contributed by atoms with E-state index in [0.717, 1.165) is 24.3 Å². The van der Waals surface area contributed by atoms with Crippen molar-refractivity contribution in [2.45, 2.75) is 53.4 Å². The molecular formula is C14H32N2. The largest absolute Gasteiger partial charge is 0.330 e. The molecule has 0 amide bonds. The van der Waals surface area contributed by atoms with E-state index in [1.165, 1.54) is 38.8 Å². The average Bonchev–Trinajstić information content (AvgIpc) is 2.21. The summed E-state index contributed by atoms with van der Waals surface area (Å²) in [4.78, 5) is 0. The Hall–Kier alpha value is -0.0800. The molecule has 2 heteroatoms. The predicted octanol–water partition coefficient (Wildman–Crippen LogP) is 3.02. The molecule has 0 aliphatic carbocycles. The van der Waals surface area contributed by atoms with E-state index in [-0.39, 0.29) is 0 Å². The van der Waals surface area contributed by atoms with Crippen molar-refractivity contribution in [1.82, 2.24) is 5.32 Å². The van der Waals surface area contributed by atoms with Crippen LogP contribution in [0.15, 0.2) is 0 Å². The van der Waals surface area contributed by atoms with Gasteiger partial charge in [-0.2, -0.15) is 0 Å². The SMILES string of the molecule is CC(C)C(CNCCCCCCN)C(C)C. The quantitative estimate of drug-likeness (QED) is 0.564. The molecule has 0 aliphatic rings. The molecule has 0 unspecified atom stereocenters. The van der Waals surface area contributed by atoms with E-state index < -0.39 is 0 Å². The minimum Gasteiger partial charge on any atom is -0.330 e. The highest BCUT2D eigenvalue weighted by Gasteiger charge is 2.16. The first-order valence-corrected chi connectivity index (χ1v) is 7.00. The topological polar surface area (TPSA) is 38.0 Å². The molecule has 0 fully saturated rings. The molecule has 0 saturated carbocycles. The van der Waals surface area contributed by atoms with E-state index in [2.05, 4.69) is 33.0 Å². The van der Waals surface area contributed by atoms with Crippen LogP contribution in [0.3, 0.4) is 0 Å². The van der Waals surface area contributed by atoms with Gasteiger partial charge >= 0.3 is 0 Å². The zero-order chi connectivity index (χ0) is 12.4. The summed E-state index contributed by atoms with van der Waals surface area (Å²) in [5, 5.41) is 3.59. The van der Waals surface area contributed by atoms with Gasteiger partial charge in [0.25, 0.3) is 0 Å². The van der Waals surface area contributed by atoms with Gasteiger partial charge < -0.3 is 11.1 Å². The molecule has 0 aliphatic heterocycles. The van der Waals surface area contributed by atoms with Crippen LogP contribution in [0, 0.1) is 17.8 Å². The van der Waals surface area contributed by atoms with Crippen molar-refractivity contribution in [3.8, 4) is 0 Å². The van der Waals surface area contributed by atoms with E-state index in [9.17, 15) is 0 Å². The van der Waals surface area contributed by atoms with Gasteiger partial charge in [-0.15, -0.1) is 0 Å². The Morgan fingerprint density at radius 1 is 0.875 bits per heavy atom. The molecule has 0 heterocycles. The molecular weight excluding hydrogens is 196 g/mol. The van der Waals surface area contributed by atoms with Gasteiger partial charge in [0, 0.05) is 0 Å². The number of hydrogen-bond donors (Lipinski definition) is 2. The Kier molecular flexibility index (Phi) is 10.0. The summed E-state index contributed by atoms with van der Waals surface area (Å²) in [5.74, 6) is 2.37. The van der Waals surface area contributed by atoms with Crippen LogP contribution in [0.4, 0.5) is 0 Å². The zero-order valence-corrected chi connectivity index (χ0v) is 11.8. The van der Waals surface area contributed by atoms with Crippen LogP contribution in [-0.2, 0) is 0 Å². The lowest BCUT2D eigenvalue weighted by atomic mass is 9.85. The van der Waals surface area contributed by atoms with Crippen LogP contribution in [-0.4, -0.2) is 19.6 Å². The number of hydrogen-bond acceptors (Lipinski definition) is 2. The first-order chi connectivity index (χ1) is 7.59. The zero-order valence-electron chi connectivity index (χ0n) is 11.8. The number of unbranched alkanes of at least 4 members (excludes halogenated alkanes) is 3. The van der Waals surface area contributed by atoms with Crippen molar-refractivity contribution in [1.29, 1.82) is 0 Å². The molecule has 98 valence electrons. The maximum Gasteiger partial charge on any atom is -0.00156 e. The summed E-state index contributed by atoms with van der Waals surface area (Å²) in [7, 11) is 0. The molecule has 2 nitrogen and oxygen atoms in total. The minimum atomic E-state index is 0.782. The third kappa shape index (κ3) is 8.12. The van der Waals surface area contributed by atoms with Gasteiger partial charge in [0.05, 0.1) is 0 Å². The lowest BCUT2D eigenvalue weighted by molar-refractivity contribution is 0.275. The van der Waals surface area contributed by atoms with Gasteiger partial charge in [0.1, 0.15) is 0 Å². The second-order valence-corrected chi connectivity index (χ2v) is 5.56. The lowest BCUT2D eigenvalue weighted by Gasteiger charge is -2.25. The fourth-order valence-corrected chi connectivity index (χ4v) is 2.26. The number of rotatable bonds is 10. The third-order valence-electron chi connectivity index (χ3n) is 3.40. The van der Waals surface area contributed by atoms with Crippen LogP contribution >= 0.6 is 0 Å². The van der Waals surface area contributed by atoms with Crippen LogP contribution in [0.1, 0.15) is 53.4 Å². The predicted molar refractivity (Wildman–Crippen MR) is 73.6 cm³/mol. The molecule has 0 aromatic rings. The van der Waals surface area contributed by atoms with Crippen LogP contribution in [0.25, 0.3) is 0 Å². The molecule has 0 radical (unpaired) electrons. The van der Waals surface area contributed by atoms with Crippen molar-refractivity contribution >= 4 is 0 Å². The molecule has 0 aromatic carbocycles. The van der Waals surface area contributed by atoms with Gasteiger partial charge in [-0.1, -0.05) is 40.5 Å². The standard InChI is InChI=1S/C14H32N2/c1-12(2)14(13(3)4)11-16-10-8-6-5-7-9-15/h12-14,16H,5-11,15H2,1-4H3. The summed E-state index contributed by atoms with van der Waals surface area (Å²) in [6.45, 7) is 12.5. The molecule has 0 spiro atoms. The van der Waals surface area contributed by atoms with E-state index in [1.807, 2.05) is 0 Å². The smallest absolute Gasteiger partial charge is 0.00156 e. The Balaban J connectivity index is 3.41. The molecule has 0 aromatic heterocycles. The first-order valence-electron chi connectivity index (χ1n) is 7.00. The summed E-state index contributed by atoms with van der Waals surface area (Å²) in [6.07, 6.45) is 5.08. The minimum absolute atomic E-state index is 0.782. The maximum absolute atomic E-state index is 5.46. The Morgan fingerprint density at radius 2 is 1.44 bits per heavy atom. The van der Waals surface area contributed by atoms with E-state index >= 15 is 0 Å². The lowest BCUT2D eigenvalue weighted by Crippen LogP contribution is -2.30. The summed E-state index contributed by atoms with van der Waals surface area (Å²) in [6, 6.07) is 0. The maximum atomic E-state index is 5.46. The fourth-order valence-electron chi connectivity index (χ4n) is 2.26. The molecule has 0 rings (SSSR count). The van der Waals surface area contributed by atoms with Crippen LogP contribution in [0.2, 0.25) is 0 Å². The first kappa shape index (κ1) is 15.9. The van der Waals surface area contributed by atoms with E-state index in [1.54, 1.807) is 0 Å². The Bertz CT molecular complexity index is 136. The van der Waals surface area contributed by atoms with Gasteiger partial charge in [-0.25, -0.2) is 0 Å². The number of nitrogens with two attached hydrogens (primary N) is 1. The highest BCUT2D eigenvalue weighted by atomic mass is 14.9. The molecule has 0 saturated heterocycles. The monoisotopic (exact) mass is 228 g/mol. The van der Waals surface area contributed by atoms with Crippen molar-refractivity contribution < 1.29 is 0 Å². The third-order valence-corrected chi connectivity index (χ3v) is 3.40. The highest BCUT2D eigenvalue weighted by Crippen LogP contribution is 2.19. The van der Waals surface area contributed by atoms with Crippen LogP contribution in [0.5, 0.6) is 0 Å². The van der Waals surface area contributed by atoms with E-state index in [4.69, 9.17) is 5.73 Å². The van der Waals surface area contributed by atoms with Gasteiger partial charge in [-0.3, -0.25) is 0 Å². The summed E-state index contributed by atoms with van der Waals surface area (Å²) >= 11 is 0. The second kappa shape index (κ2) is 10.1. The van der Waals surface area contributed by atoms with Crippen molar-refractivity contribution in [2.24, 2.45) is 23.5 Å². The molecule has 16 heavy (non-hydrogen) atoms. The van der Waals surface area contributed by atoms with Crippen molar-refractivity contribution in [3.05, 3.63) is 0 Å². The van der Waals surface area contributed by atoms with Crippen molar-refractivity contribution in [3.63, 3.8) is 0 Å². The van der Waals surface area contributed by atoms with Crippen molar-refractivity contribution in [2.75, 3.05) is 19.6 Å². The Labute approximate surface area is 102 Å².